The van der Waals surface area contributed by atoms with Gasteiger partial charge in [-0.25, -0.2) is 0 Å². The molecule has 0 bridgehead atoms. The number of furan rings is 2. The fourth-order valence-corrected chi connectivity index (χ4v) is 2.84. The number of hydrogen-bond donors (Lipinski definition) is 1. The number of fused-ring (bicyclic) bond motifs is 2. The molecule has 0 unspecified atom stereocenters. The van der Waals surface area contributed by atoms with Crippen molar-refractivity contribution in [2.75, 3.05) is 0 Å². The molecule has 19 heavy (non-hydrogen) atoms. The highest BCUT2D eigenvalue weighted by atomic mass is 16.3. The van der Waals surface area contributed by atoms with E-state index in [0.717, 1.165) is 44.6 Å². The largest absolute Gasteiger partial charge is 0.461 e. The molecule has 2 heterocycles. The van der Waals surface area contributed by atoms with Crippen molar-refractivity contribution in [1.29, 1.82) is 0 Å². The molecule has 3 heteroatoms. The first kappa shape index (κ1) is 12.3. The van der Waals surface area contributed by atoms with E-state index in [1.165, 1.54) is 0 Å². The molecule has 0 aliphatic carbocycles. The molecule has 0 aliphatic rings. The van der Waals surface area contributed by atoms with Gasteiger partial charge < -0.3 is 14.6 Å². The fraction of sp³-hybridized carbons (Fsp3) is 0.375. The topological polar surface area (TPSA) is 52.3 Å². The van der Waals surface area contributed by atoms with Crippen molar-refractivity contribution >= 4 is 21.9 Å². The van der Waals surface area contributed by atoms with E-state index in [1.807, 2.05) is 33.8 Å². The second-order valence-electron chi connectivity index (χ2n) is 5.92. The Hall–Kier alpha value is -1.74. The first-order valence-corrected chi connectivity index (χ1v) is 6.51. The molecule has 0 atom stereocenters. The van der Waals surface area contributed by atoms with Crippen molar-refractivity contribution in [2.45, 2.75) is 40.2 Å². The molecule has 0 amide bonds. The Labute approximate surface area is 112 Å². The maximum absolute atomic E-state index is 6.36. The fourth-order valence-electron chi connectivity index (χ4n) is 2.84. The molecule has 0 radical (unpaired) electrons. The van der Waals surface area contributed by atoms with Crippen molar-refractivity contribution in [3.05, 3.63) is 34.8 Å². The zero-order valence-corrected chi connectivity index (χ0v) is 12.0. The van der Waals surface area contributed by atoms with E-state index >= 15 is 0 Å². The van der Waals surface area contributed by atoms with Gasteiger partial charge in [0.05, 0.1) is 0 Å². The van der Waals surface area contributed by atoms with Gasteiger partial charge in [-0.3, -0.25) is 0 Å². The van der Waals surface area contributed by atoms with Crippen molar-refractivity contribution in [2.24, 2.45) is 5.73 Å². The van der Waals surface area contributed by atoms with Crippen LogP contribution in [0, 0.1) is 20.8 Å². The Kier molecular flexibility index (Phi) is 2.36. The molecule has 2 aromatic heterocycles. The maximum Gasteiger partial charge on any atom is 0.140 e. The normalized spacial score (nSPS) is 12.7. The first-order chi connectivity index (χ1) is 8.79. The van der Waals surface area contributed by atoms with Gasteiger partial charge in [-0.15, -0.1) is 0 Å². The van der Waals surface area contributed by atoms with Crippen LogP contribution in [0.1, 0.15) is 36.5 Å². The lowest BCUT2D eigenvalue weighted by molar-refractivity contribution is 0.528. The summed E-state index contributed by atoms with van der Waals surface area (Å²) in [5, 5.41) is 2.15. The van der Waals surface area contributed by atoms with Crippen molar-refractivity contribution in [3.63, 3.8) is 0 Å². The van der Waals surface area contributed by atoms with Crippen LogP contribution < -0.4 is 5.73 Å². The number of benzene rings is 1. The van der Waals surface area contributed by atoms with Gasteiger partial charge >= 0.3 is 0 Å². The summed E-state index contributed by atoms with van der Waals surface area (Å²) in [7, 11) is 0. The number of hydrogen-bond acceptors (Lipinski definition) is 3. The lowest BCUT2D eigenvalue weighted by atomic mass is 9.89. The quantitative estimate of drug-likeness (QED) is 0.707. The minimum Gasteiger partial charge on any atom is -0.461 e. The van der Waals surface area contributed by atoms with Crippen LogP contribution >= 0.6 is 0 Å². The average molecular weight is 257 g/mol. The van der Waals surface area contributed by atoms with Gasteiger partial charge in [0.25, 0.3) is 0 Å². The summed E-state index contributed by atoms with van der Waals surface area (Å²) in [4.78, 5) is 0. The van der Waals surface area contributed by atoms with Gasteiger partial charge in [0.15, 0.2) is 0 Å². The Morgan fingerprint density at radius 1 is 0.895 bits per heavy atom. The van der Waals surface area contributed by atoms with Crippen LogP contribution in [0.25, 0.3) is 21.9 Å². The van der Waals surface area contributed by atoms with Crippen LogP contribution in [0.3, 0.4) is 0 Å². The Bertz CT molecular complexity index is 727. The summed E-state index contributed by atoms with van der Waals surface area (Å²) < 4.78 is 11.8. The number of aryl methyl sites for hydroxylation is 3. The van der Waals surface area contributed by atoms with E-state index in [1.54, 1.807) is 0 Å². The molecule has 1 aromatic carbocycles. The van der Waals surface area contributed by atoms with Crippen LogP contribution in [0.4, 0.5) is 0 Å². The van der Waals surface area contributed by atoms with E-state index in [2.05, 4.69) is 13.0 Å². The second kappa shape index (κ2) is 3.64. The molecule has 3 rings (SSSR count). The van der Waals surface area contributed by atoms with E-state index in [4.69, 9.17) is 14.6 Å². The van der Waals surface area contributed by atoms with Gasteiger partial charge in [-0.05, 0) is 46.8 Å². The summed E-state index contributed by atoms with van der Waals surface area (Å²) in [5.74, 6) is 1.79. The van der Waals surface area contributed by atoms with E-state index < -0.39 is 5.54 Å². The zero-order chi connectivity index (χ0) is 13.9. The van der Waals surface area contributed by atoms with Crippen molar-refractivity contribution in [3.8, 4) is 0 Å². The SMILES string of the molecule is Cc1cc2c(C(C)(C)N)c3oc(C)cc3c(C)c2o1. The summed E-state index contributed by atoms with van der Waals surface area (Å²) in [5.41, 5.74) is 9.81. The van der Waals surface area contributed by atoms with Crippen LogP contribution in [0.2, 0.25) is 0 Å². The third kappa shape index (κ3) is 1.69. The molecular formula is C16H19NO2. The van der Waals surface area contributed by atoms with Crippen LogP contribution in [-0.4, -0.2) is 0 Å². The smallest absolute Gasteiger partial charge is 0.140 e. The molecule has 0 aliphatic heterocycles. The lowest BCUT2D eigenvalue weighted by Crippen LogP contribution is -2.29. The predicted molar refractivity (Wildman–Crippen MR) is 77.4 cm³/mol. The zero-order valence-electron chi connectivity index (χ0n) is 12.0. The molecule has 100 valence electrons. The van der Waals surface area contributed by atoms with E-state index in [9.17, 15) is 0 Å². The number of rotatable bonds is 1. The van der Waals surface area contributed by atoms with Gasteiger partial charge in [-0.1, -0.05) is 0 Å². The predicted octanol–water partition coefficient (Wildman–Crippen LogP) is 4.30. The molecule has 2 N–H and O–H groups in total. The third-order valence-electron chi connectivity index (χ3n) is 3.60. The molecule has 0 saturated heterocycles. The van der Waals surface area contributed by atoms with E-state index in [0.29, 0.717) is 0 Å². The van der Waals surface area contributed by atoms with Crippen molar-refractivity contribution in [1.82, 2.24) is 0 Å². The molecular weight excluding hydrogens is 238 g/mol. The summed E-state index contributed by atoms with van der Waals surface area (Å²) in [6.07, 6.45) is 0. The van der Waals surface area contributed by atoms with Crippen LogP contribution in [0.5, 0.6) is 0 Å². The number of nitrogens with two attached hydrogens (primary N) is 1. The van der Waals surface area contributed by atoms with Gasteiger partial charge in [0, 0.05) is 27.4 Å². The molecule has 0 spiro atoms. The minimum atomic E-state index is -0.481. The first-order valence-electron chi connectivity index (χ1n) is 6.51. The molecule has 3 aromatic rings. The summed E-state index contributed by atoms with van der Waals surface area (Å²) >= 11 is 0. The molecule has 0 fully saturated rings. The maximum atomic E-state index is 6.36. The highest BCUT2D eigenvalue weighted by Crippen LogP contribution is 2.40. The molecule has 0 saturated carbocycles. The minimum absolute atomic E-state index is 0.481. The Balaban J connectivity index is 2.62. The van der Waals surface area contributed by atoms with Gasteiger partial charge in [0.1, 0.15) is 22.7 Å². The summed E-state index contributed by atoms with van der Waals surface area (Å²) in [6.45, 7) is 9.98. The monoisotopic (exact) mass is 257 g/mol. The standard InChI is InChI=1S/C16H19NO2/c1-8-6-11-10(3)14-12(7-9(2)18-14)13(15(11)19-8)16(4,5)17/h6-7H,17H2,1-5H3. The van der Waals surface area contributed by atoms with Crippen LogP contribution in [-0.2, 0) is 5.54 Å². The summed E-state index contributed by atoms with van der Waals surface area (Å²) in [6, 6.07) is 4.10. The highest BCUT2D eigenvalue weighted by molar-refractivity contribution is 6.02. The van der Waals surface area contributed by atoms with Gasteiger partial charge in [-0.2, -0.15) is 0 Å². The average Bonchev–Trinajstić information content (AvgIpc) is 2.80. The molecule has 3 nitrogen and oxygen atoms in total. The Morgan fingerprint density at radius 3 is 2.00 bits per heavy atom. The second-order valence-corrected chi connectivity index (χ2v) is 5.92. The highest BCUT2D eigenvalue weighted by Gasteiger charge is 2.26. The van der Waals surface area contributed by atoms with Crippen molar-refractivity contribution < 1.29 is 8.83 Å². The van der Waals surface area contributed by atoms with E-state index in [-0.39, 0.29) is 0 Å². The third-order valence-corrected chi connectivity index (χ3v) is 3.60. The van der Waals surface area contributed by atoms with Crippen LogP contribution in [0.15, 0.2) is 21.0 Å². The van der Waals surface area contributed by atoms with Gasteiger partial charge in [0.2, 0.25) is 0 Å². The Morgan fingerprint density at radius 2 is 1.42 bits per heavy atom. The lowest BCUT2D eigenvalue weighted by Gasteiger charge is -2.21.